The van der Waals surface area contributed by atoms with Crippen molar-refractivity contribution in [3.05, 3.63) is 53.9 Å². The number of rotatable bonds is 4. The van der Waals surface area contributed by atoms with Gasteiger partial charge in [-0.2, -0.15) is 0 Å². The van der Waals surface area contributed by atoms with Gasteiger partial charge in [0.15, 0.2) is 0 Å². The van der Waals surface area contributed by atoms with Crippen molar-refractivity contribution < 1.29 is 14.7 Å². The molecule has 0 saturated heterocycles. The second-order valence-corrected chi connectivity index (χ2v) is 5.10. The van der Waals surface area contributed by atoms with E-state index in [-0.39, 0.29) is 11.5 Å². The van der Waals surface area contributed by atoms with E-state index in [2.05, 4.69) is 10.3 Å². The van der Waals surface area contributed by atoms with E-state index in [9.17, 15) is 9.59 Å². The molecule has 1 fully saturated rings. The molecule has 3 rings (SSSR count). The van der Waals surface area contributed by atoms with Crippen molar-refractivity contribution in [3.63, 3.8) is 0 Å². The number of carbonyl (C=O) groups is 2. The van der Waals surface area contributed by atoms with Gasteiger partial charge in [0.25, 0.3) is 5.91 Å². The maximum absolute atomic E-state index is 12.0. The number of carboxylic acids is 1. The smallest absolute Gasteiger partial charge is 0.337 e. The molecule has 1 aliphatic carbocycles. The van der Waals surface area contributed by atoms with Crippen molar-refractivity contribution in [2.45, 2.75) is 18.9 Å². The molecule has 0 radical (unpaired) electrons. The van der Waals surface area contributed by atoms with Gasteiger partial charge in [-0.25, -0.2) is 4.79 Å². The molecule has 1 aliphatic rings. The first-order valence-corrected chi connectivity index (χ1v) is 6.73. The zero-order valence-corrected chi connectivity index (χ0v) is 11.2. The number of carbonyl (C=O) groups excluding carboxylic acids is 1. The third-order valence-electron chi connectivity index (χ3n) is 3.36. The molecule has 2 aromatic rings. The van der Waals surface area contributed by atoms with E-state index in [1.165, 1.54) is 6.20 Å². The van der Waals surface area contributed by atoms with Gasteiger partial charge in [-0.05, 0) is 36.6 Å². The summed E-state index contributed by atoms with van der Waals surface area (Å²) in [6, 6.07) is 8.96. The van der Waals surface area contributed by atoms with E-state index >= 15 is 0 Å². The number of aromatic carboxylic acids is 1. The van der Waals surface area contributed by atoms with Gasteiger partial charge in [0, 0.05) is 29.6 Å². The number of hydrogen-bond acceptors (Lipinski definition) is 3. The van der Waals surface area contributed by atoms with Crippen LogP contribution in [0.2, 0.25) is 0 Å². The van der Waals surface area contributed by atoms with E-state index in [1.54, 1.807) is 30.5 Å². The highest BCUT2D eigenvalue weighted by Gasteiger charge is 2.23. The highest BCUT2D eigenvalue weighted by atomic mass is 16.4. The monoisotopic (exact) mass is 282 g/mol. The lowest BCUT2D eigenvalue weighted by Gasteiger charge is -2.06. The summed E-state index contributed by atoms with van der Waals surface area (Å²) in [6.45, 7) is 0. The van der Waals surface area contributed by atoms with Crippen LogP contribution in [0.5, 0.6) is 0 Å². The van der Waals surface area contributed by atoms with Crippen LogP contribution in [0.1, 0.15) is 33.6 Å². The Morgan fingerprint density at radius 1 is 1.10 bits per heavy atom. The van der Waals surface area contributed by atoms with E-state index < -0.39 is 5.97 Å². The van der Waals surface area contributed by atoms with Crippen LogP contribution in [0, 0.1) is 0 Å². The summed E-state index contributed by atoms with van der Waals surface area (Å²) in [5.41, 5.74) is 2.14. The zero-order chi connectivity index (χ0) is 14.8. The fourth-order valence-corrected chi connectivity index (χ4v) is 2.05. The Hall–Kier alpha value is -2.69. The van der Waals surface area contributed by atoms with Crippen molar-refractivity contribution >= 4 is 11.9 Å². The van der Waals surface area contributed by atoms with E-state index in [0.29, 0.717) is 17.2 Å². The van der Waals surface area contributed by atoms with Gasteiger partial charge >= 0.3 is 5.97 Å². The average Bonchev–Trinajstić information content (AvgIpc) is 3.31. The largest absolute Gasteiger partial charge is 0.478 e. The van der Waals surface area contributed by atoms with Crippen LogP contribution in [-0.2, 0) is 0 Å². The van der Waals surface area contributed by atoms with Crippen LogP contribution in [0.15, 0.2) is 42.7 Å². The van der Waals surface area contributed by atoms with Crippen LogP contribution in [-0.4, -0.2) is 28.0 Å². The Bertz CT molecular complexity index is 708. The van der Waals surface area contributed by atoms with Gasteiger partial charge in [0.2, 0.25) is 0 Å². The van der Waals surface area contributed by atoms with Crippen LogP contribution in [0.25, 0.3) is 11.1 Å². The standard InChI is InChI=1S/C16H14N2O3/c19-15(18-14-4-5-14)11-3-1-2-10(6-11)12-7-13(16(20)21)9-17-8-12/h1-3,6-9,14H,4-5H2,(H,18,19)(H,20,21). The molecule has 0 spiro atoms. The summed E-state index contributed by atoms with van der Waals surface area (Å²) in [4.78, 5) is 27.0. The van der Waals surface area contributed by atoms with Crippen molar-refractivity contribution in [1.29, 1.82) is 0 Å². The quantitative estimate of drug-likeness (QED) is 0.902. The molecule has 0 aliphatic heterocycles. The number of nitrogens with one attached hydrogen (secondary N) is 1. The Labute approximate surface area is 121 Å². The molecule has 21 heavy (non-hydrogen) atoms. The third-order valence-corrected chi connectivity index (χ3v) is 3.36. The molecular formula is C16H14N2O3. The number of nitrogens with zero attached hydrogens (tertiary/aromatic N) is 1. The normalized spacial score (nSPS) is 13.7. The second-order valence-electron chi connectivity index (χ2n) is 5.10. The molecular weight excluding hydrogens is 268 g/mol. The van der Waals surface area contributed by atoms with E-state index in [0.717, 1.165) is 18.4 Å². The predicted molar refractivity (Wildman–Crippen MR) is 77.1 cm³/mol. The fraction of sp³-hybridized carbons (Fsp3) is 0.188. The molecule has 1 aromatic heterocycles. The number of aromatic nitrogens is 1. The number of pyridine rings is 1. The van der Waals surface area contributed by atoms with Gasteiger partial charge in [-0.15, -0.1) is 0 Å². The Kier molecular flexibility index (Phi) is 3.39. The topological polar surface area (TPSA) is 79.3 Å². The predicted octanol–water partition coefficient (Wildman–Crippen LogP) is 2.34. The van der Waals surface area contributed by atoms with Gasteiger partial charge < -0.3 is 10.4 Å². The second kappa shape index (κ2) is 5.36. The lowest BCUT2D eigenvalue weighted by Crippen LogP contribution is -2.25. The molecule has 0 unspecified atom stereocenters. The highest BCUT2D eigenvalue weighted by molar-refractivity contribution is 5.96. The minimum Gasteiger partial charge on any atom is -0.478 e. The maximum Gasteiger partial charge on any atom is 0.337 e. The minimum atomic E-state index is -1.02. The lowest BCUT2D eigenvalue weighted by atomic mass is 10.0. The van der Waals surface area contributed by atoms with Crippen molar-refractivity contribution in [2.75, 3.05) is 0 Å². The number of benzene rings is 1. The number of amides is 1. The first-order chi connectivity index (χ1) is 10.1. The molecule has 0 bridgehead atoms. The Morgan fingerprint density at radius 2 is 1.86 bits per heavy atom. The summed E-state index contributed by atoms with van der Waals surface area (Å²) in [7, 11) is 0. The first kappa shape index (κ1) is 13.3. The SMILES string of the molecule is O=C(O)c1cncc(-c2cccc(C(=O)NC3CC3)c2)c1. The number of hydrogen-bond donors (Lipinski definition) is 2. The van der Waals surface area contributed by atoms with Crippen molar-refractivity contribution in [1.82, 2.24) is 10.3 Å². The highest BCUT2D eigenvalue weighted by Crippen LogP contribution is 2.22. The summed E-state index contributed by atoms with van der Waals surface area (Å²) < 4.78 is 0. The molecule has 1 amide bonds. The van der Waals surface area contributed by atoms with Gasteiger partial charge in [-0.1, -0.05) is 12.1 Å². The zero-order valence-electron chi connectivity index (χ0n) is 11.2. The average molecular weight is 282 g/mol. The molecule has 106 valence electrons. The fourth-order valence-electron chi connectivity index (χ4n) is 2.05. The molecule has 0 atom stereocenters. The van der Waals surface area contributed by atoms with E-state index in [1.807, 2.05) is 6.07 Å². The maximum atomic E-state index is 12.0. The summed E-state index contributed by atoms with van der Waals surface area (Å²) >= 11 is 0. The molecule has 5 nitrogen and oxygen atoms in total. The summed E-state index contributed by atoms with van der Waals surface area (Å²) in [5.74, 6) is -1.12. The first-order valence-electron chi connectivity index (χ1n) is 6.73. The van der Waals surface area contributed by atoms with Crippen LogP contribution in [0.4, 0.5) is 0 Å². The van der Waals surface area contributed by atoms with Gasteiger partial charge in [0.1, 0.15) is 0 Å². The Morgan fingerprint density at radius 3 is 2.57 bits per heavy atom. The molecule has 1 aromatic carbocycles. The molecule has 1 heterocycles. The minimum absolute atomic E-state index is 0.0956. The van der Waals surface area contributed by atoms with Crippen molar-refractivity contribution in [2.24, 2.45) is 0 Å². The molecule has 2 N–H and O–H groups in total. The van der Waals surface area contributed by atoms with Gasteiger partial charge in [-0.3, -0.25) is 9.78 Å². The van der Waals surface area contributed by atoms with Crippen LogP contribution >= 0.6 is 0 Å². The van der Waals surface area contributed by atoms with Gasteiger partial charge in [0.05, 0.1) is 5.56 Å². The number of carboxylic acid groups (broad SMARTS) is 1. The lowest BCUT2D eigenvalue weighted by molar-refractivity contribution is 0.0696. The molecule has 1 saturated carbocycles. The van der Waals surface area contributed by atoms with Crippen molar-refractivity contribution in [3.8, 4) is 11.1 Å². The Balaban J connectivity index is 1.89. The summed E-state index contributed by atoms with van der Waals surface area (Å²) in [6.07, 6.45) is 4.96. The summed E-state index contributed by atoms with van der Waals surface area (Å²) in [5, 5.41) is 11.9. The van der Waals surface area contributed by atoms with Crippen LogP contribution < -0.4 is 5.32 Å². The van der Waals surface area contributed by atoms with Crippen LogP contribution in [0.3, 0.4) is 0 Å². The van der Waals surface area contributed by atoms with E-state index in [4.69, 9.17) is 5.11 Å². The third kappa shape index (κ3) is 3.08. The molecule has 5 heteroatoms.